The van der Waals surface area contributed by atoms with Gasteiger partial charge in [-0.1, -0.05) is 0 Å². The number of nitrogens with two attached hydrogens (primary N) is 1. The highest BCUT2D eigenvalue weighted by Crippen LogP contribution is 2.28. The maximum atomic E-state index is 13.2. The van der Waals surface area contributed by atoms with Crippen molar-refractivity contribution in [1.29, 1.82) is 0 Å². The SMILES string of the molecule is Nc1ccc(F)c(C(=O)CCl)c1[N+](=O)[O-]. The number of carbonyl (C=O) groups excluding carboxylic acids is 1. The predicted octanol–water partition coefficient (Wildman–Crippen LogP) is 1.74. The lowest BCUT2D eigenvalue weighted by Crippen LogP contribution is -2.10. The van der Waals surface area contributed by atoms with E-state index in [1.807, 2.05) is 0 Å². The maximum Gasteiger partial charge on any atom is 0.305 e. The number of nitro groups is 1. The monoisotopic (exact) mass is 232 g/mol. The van der Waals surface area contributed by atoms with Crippen LogP contribution in [0, 0.1) is 15.9 Å². The van der Waals surface area contributed by atoms with E-state index in [1.165, 1.54) is 0 Å². The fourth-order valence-corrected chi connectivity index (χ4v) is 1.25. The highest BCUT2D eigenvalue weighted by Gasteiger charge is 2.26. The maximum absolute atomic E-state index is 13.2. The lowest BCUT2D eigenvalue weighted by Gasteiger charge is -2.03. The Balaban J connectivity index is 3.52. The highest BCUT2D eigenvalue weighted by atomic mass is 35.5. The standard InChI is InChI=1S/C8H6ClFN2O3/c9-3-6(13)7-4(10)1-2-5(11)8(7)12(14)15/h1-2H,3,11H2. The molecule has 0 amide bonds. The number of benzene rings is 1. The number of nitrogen functional groups attached to an aromatic ring is 1. The second-order valence-electron chi connectivity index (χ2n) is 2.67. The number of nitro benzene ring substituents is 1. The summed E-state index contributed by atoms with van der Waals surface area (Å²) < 4.78 is 13.2. The van der Waals surface area contributed by atoms with Crippen LogP contribution in [0.5, 0.6) is 0 Å². The molecule has 0 radical (unpaired) electrons. The van der Waals surface area contributed by atoms with Gasteiger partial charge in [0.1, 0.15) is 17.1 Å². The summed E-state index contributed by atoms with van der Waals surface area (Å²) in [4.78, 5) is 20.9. The molecule has 0 saturated heterocycles. The average Bonchev–Trinajstić information content (AvgIpc) is 2.19. The topological polar surface area (TPSA) is 86.2 Å². The van der Waals surface area contributed by atoms with Gasteiger partial charge in [0, 0.05) is 0 Å². The molecular formula is C8H6ClFN2O3. The number of hydrogen-bond acceptors (Lipinski definition) is 4. The molecule has 0 fully saturated rings. The van der Waals surface area contributed by atoms with Crippen LogP contribution in [0.25, 0.3) is 0 Å². The Kier molecular flexibility index (Phi) is 3.21. The van der Waals surface area contributed by atoms with Crippen molar-refractivity contribution in [3.63, 3.8) is 0 Å². The van der Waals surface area contributed by atoms with Crippen LogP contribution in [-0.4, -0.2) is 16.6 Å². The van der Waals surface area contributed by atoms with E-state index in [2.05, 4.69) is 0 Å². The summed E-state index contributed by atoms with van der Waals surface area (Å²) in [6.45, 7) is 0. The lowest BCUT2D eigenvalue weighted by molar-refractivity contribution is -0.384. The van der Waals surface area contributed by atoms with Gasteiger partial charge in [-0.2, -0.15) is 0 Å². The number of alkyl halides is 1. The van der Waals surface area contributed by atoms with Crippen molar-refractivity contribution in [3.8, 4) is 0 Å². The summed E-state index contributed by atoms with van der Waals surface area (Å²) in [6.07, 6.45) is 0. The van der Waals surface area contributed by atoms with Gasteiger partial charge in [0.2, 0.25) is 0 Å². The molecule has 0 aliphatic rings. The Bertz CT molecular complexity index is 436. The third kappa shape index (κ3) is 2.04. The van der Waals surface area contributed by atoms with Crippen LogP contribution in [0.2, 0.25) is 0 Å². The average molecular weight is 233 g/mol. The largest absolute Gasteiger partial charge is 0.393 e. The normalized spacial score (nSPS) is 10.0. The van der Waals surface area contributed by atoms with E-state index in [9.17, 15) is 19.3 Å². The molecule has 0 spiro atoms. The zero-order valence-electron chi connectivity index (χ0n) is 7.37. The molecule has 1 aromatic carbocycles. The molecule has 0 saturated carbocycles. The number of anilines is 1. The van der Waals surface area contributed by atoms with Crippen molar-refractivity contribution >= 4 is 28.8 Å². The fourth-order valence-electron chi connectivity index (χ4n) is 1.11. The fraction of sp³-hybridized carbons (Fsp3) is 0.125. The van der Waals surface area contributed by atoms with Crippen molar-refractivity contribution in [1.82, 2.24) is 0 Å². The second kappa shape index (κ2) is 4.22. The van der Waals surface area contributed by atoms with Gasteiger partial charge in [0.15, 0.2) is 5.78 Å². The quantitative estimate of drug-likeness (QED) is 0.283. The van der Waals surface area contributed by atoms with Crippen LogP contribution in [0.3, 0.4) is 0 Å². The predicted molar refractivity (Wildman–Crippen MR) is 52.5 cm³/mol. The van der Waals surface area contributed by atoms with Gasteiger partial charge in [-0.15, -0.1) is 11.6 Å². The van der Waals surface area contributed by atoms with Crippen molar-refractivity contribution in [3.05, 3.63) is 33.6 Å². The van der Waals surface area contributed by atoms with E-state index in [0.29, 0.717) is 0 Å². The van der Waals surface area contributed by atoms with Crippen LogP contribution < -0.4 is 5.73 Å². The molecule has 80 valence electrons. The molecule has 0 heterocycles. The highest BCUT2D eigenvalue weighted by molar-refractivity contribution is 6.31. The molecule has 0 aliphatic carbocycles. The molecule has 1 rings (SSSR count). The number of Topliss-reactive ketones (excluding diaryl/α,β-unsaturated/α-hetero) is 1. The summed E-state index contributed by atoms with van der Waals surface area (Å²) in [7, 11) is 0. The molecule has 0 aromatic heterocycles. The van der Waals surface area contributed by atoms with Gasteiger partial charge in [-0.25, -0.2) is 4.39 Å². The number of carbonyl (C=O) groups is 1. The van der Waals surface area contributed by atoms with Crippen LogP contribution in [0.4, 0.5) is 15.8 Å². The summed E-state index contributed by atoms with van der Waals surface area (Å²) in [5.41, 5.74) is 3.60. The van der Waals surface area contributed by atoms with Crippen molar-refractivity contribution in [2.45, 2.75) is 0 Å². The molecule has 2 N–H and O–H groups in total. The first-order valence-corrected chi connectivity index (χ1v) is 4.34. The minimum atomic E-state index is -0.999. The number of rotatable bonds is 3. The van der Waals surface area contributed by atoms with Gasteiger partial charge in [0.25, 0.3) is 0 Å². The van der Waals surface area contributed by atoms with E-state index in [1.54, 1.807) is 0 Å². The molecule has 0 bridgehead atoms. The number of halogens is 2. The van der Waals surface area contributed by atoms with E-state index < -0.39 is 33.7 Å². The van der Waals surface area contributed by atoms with Crippen LogP contribution in [0.1, 0.15) is 10.4 Å². The first-order valence-electron chi connectivity index (χ1n) is 3.80. The Morgan fingerprint density at radius 3 is 2.67 bits per heavy atom. The molecule has 0 atom stereocenters. The summed E-state index contributed by atoms with van der Waals surface area (Å²) in [5.74, 6) is -2.41. The van der Waals surface area contributed by atoms with Gasteiger partial charge < -0.3 is 5.73 Å². The Labute approximate surface area is 88.8 Å². The Morgan fingerprint density at radius 1 is 1.60 bits per heavy atom. The van der Waals surface area contributed by atoms with E-state index in [-0.39, 0.29) is 5.69 Å². The molecular weight excluding hydrogens is 227 g/mol. The van der Waals surface area contributed by atoms with Crippen molar-refractivity contribution in [2.24, 2.45) is 0 Å². The summed E-state index contributed by atoms with van der Waals surface area (Å²) in [6, 6.07) is 1.92. The van der Waals surface area contributed by atoms with Crippen molar-refractivity contribution in [2.75, 3.05) is 11.6 Å². The molecule has 0 unspecified atom stereocenters. The van der Waals surface area contributed by atoms with Gasteiger partial charge in [0.05, 0.1) is 10.8 Å². The molecule has 1 aromatic rings. The van der Waals surface area contributed by atoms with Gasteiger partial charge in [-0.3, -0.25) is 14.9 Å². The first kappa shape index (κ1) is 11.4. The second-order valence-corrected chi connectivity index (χ2v) is 2.94. The number of hydrogen-bond donors (Lipinski definition) is 1. The van der Waals surface area contributed by atoms with Crippen molar-refractivity contribution < 1.29 is 14.1 Å². The van der Waals surface area contributed by atoms with E-state index in [4.69, 9.17) is 17.3 Å². The lowest BCUT2D eigenvalue weighted by atomic mass is 10.1. The van der Waals surface area contributed by atoms with Gasteiger partial charge in [-0.05, 0) is 12.1 Å². The smallest absolute Gasteiger partial charge is 0.305 e. The molecule has 7 heteroatoms. The van der Waals surface area contributed by atoms with E-state index >= 15 is 0 Å². The van der Waals surface area contributed by atoms with Crippen LogP contribution in [0.15, 0.2) is 12.1 Å². The minimum absolute atomic E-state index is 0.269. The molecule has 5 nitrogen and oxygen atoms in total. The third-order valence-corrected chi connectivity index (χ3v) is 1.98. The summed E-state index contributed by atoms with van der Waals surface area (Å²) >= 11 is 5.21. The molecule has 15 heavy (non-hydrogen) atoms. The zero-order valence-corrected chi connectivity index (χ0v) is 8.12. The first-order chi connectivity index (χ1) is 6.99. The number of ketones is 1. The zero-order chi connectivity index (χ0) is 11.6. The van der Waals surface area contributed by atoms with Gasteiger partial charge >= 0.3 is 5.69 Å². The van der Waals surface area contributed by atoms with Crippen LogP contribution >= 0.6 is 11.6 Å². The minimum Gasteiger partial charge on any atom is -0.393 e. The Hall–Kier alpha value is -1.69. The summed E-state index contributed by atoms with van der Waals surface area (Å²) in [5, 5.41) is 10.6. The van der Waals surface area contributed by atoms with E-state index in [0.717, 1.165) is 12.1 Å². The third-order valence-electron chi connectivity index (χ3n) is 1.74. The van der Waals surface area contributed by atoms with Crippen LogP contribution in [-0.2, 0) is 0 Å². The molecule has 0 aliphatic heterocycles. The Morgan fingerprint density at radius 2 is 2.20 bits per heavy atom. The number of nitrogens with zero attached hydrogens (tertiary/aromatic N) is 1.